The molecule has 0 radical (unpaired) electrons. The summed E-state index contributed by atoms with van der Waals surface area (Å²) in [5.74, 6) is -1.26. The SMILES string of the molecule is CC(C)C(NC(=O)NCCOc1ccc(F)cc1F)c1ccccc1. The fourth-order valence-electron chi connectivity index (χ4n) is 2.41. The highest BCUT2D eigenvalue weighted by Gasteiger charge is 2.17. The molecular formula is C19H22F2N2O2. The summed E-state index contributed by atoms with van der Waals surface area (Å²) in [5.41, 5.74) is 1.03. The van der Waals surface area contributed by atoms with Gasteiger partial charge in [-0.3, -0.25) is 0 Å². The van der Waals surface area contributed by atoms with Gasteiger partial charge in [-0.05, 0) is 23.6 Å². The first kappa shape index (κ1) is 18.7. The molecule has 0 heterocycles. The first-order valence-electron chi connectivity index (χ1n) is 8.14. The summed E-state index contributed by atoms with van der Waals surface area (Å²) >= 11 is 0. The highest BCUT2D eigenvalue weighted by Crippen LogP contribution is 2.21. The Balaban J connectivity index is 1.79. The molecule has 2 N–H and O–H groups in total. The number of benzene rings is 2. The molecule has 2 aromatic carbocycles. The minimum Gasteiger partial charge on any atom is -0.489 e. The monoisotopic (exact) mass is 348 g/mol. The minimum atomic E-state index is -0.770. The van der Waals surface area contributed by atoms with Gasteiger partial charge in [-0.1, -0.05) is 44.2 Å². The normalized spacial score (nSPS) is 11.9. The van der Waals surface area contributed by atoms with Crippen LogP contribution in [0.1, 0.15) is 25.5 Å². The van der Waals surface area contributed by atoms with Crippen molar-refractivity contribution in [2.75, 3.05) is 13.2 Å². The Labute approximate surface area is 146 Å². The van der Waals surface area contributed by atoms with Crippen LogP contribution in [0.4, 0.5) is 13.6 Å². The third-order valence-electron chi connectivity index (χ3n) is 3.65. The van der Waals surface area contributed by atoms with Crippen LogP contribution in [-0.2, 0) is 0 Å². The molecule has 0 aromatic heterocycles. The van der Waals surface area contributed by atoms with Crippen molar-refractivity contribution in [3.8, 4) is 5.75 Å². The second-order valence-electron chi connectivity index (χ2n) is 5.96. The number of halogens is 2. The van der Waals surface area contributed by atoms with Gasteiger partial charge >= 0.3 is 6.03 Å². The largest absolute Gasteiger partial charge is 0.489 e. The third-order valence-corrected chi connectivity index (χ3v) is 3.65. The number of nitrogens with one attached hydrogen (secondary N) is 2. The summed E-state index contributed by atoms with van der Waals surface area (Å²) in [5, 5.41) is 5.59. The van der Waals surface area contributed by atoms with E-state index in [0.29, 0.717) is 0 Å². The summed E-state index contributed by atoms with van der Waals surface area (Å²) in [6.45, 7) is 4.33. The lowest BCUT2D eigenvalue weighted by molar-refractivity contribution is 0.228. The van der Waals surface area contributed by atoms with E-state index >= 15 is 0 Å². The molecule has 0 saturated carbocycles. The molecule has 0 fully saturated rings. The van der Waals surface area contributed by atoms with E-state index in [2.05, 4.69) is 10.6 Å². The predicted molar refractivity (Wildman–Crippen MR) is 92.4 cm³/mol. The second kappa shape index (κ2) is 9.01. The maximum Gasteiger partial charge on any atom is 0.315 e. The van der Waals surface area contributed by atoms with Gasteiger partial charge in [-0.15, -0.1) is 0 Å². The fourth-order valence-corrected chi connectivity index (χ4v) is 2.41. The van der Waals surface area contributed by atoms with Crippen molar-refractivity contribution in [2.45, 2.75) is 19.9 Å². The van der Waals surface area contributed by atoms with Crippen LogP contribution in [0.2, 0.25) is 0 Å². The van der Waals surface area contributed by atoms with Crippen molar-refractivity contribution in [2.24, 2.45) is 5.92 Å². The van der Waals surface area contributed by atoms with Crippen LogP contribution < -0.4 is 15.4 Å². The molecule has 0 aliphatic heterocycles. The molecule has 25 heavy (non-hydrogen) atoms. The standard InChI is InChI=1S/C19H22F2N2O2/c1-13(2)18(14-6-4-3-5-7-14)23-19(24)22-10-11-25-17-9-8-15(20)12-16(17)21/h3-9,12-13,18H,10-11H2,1-2H3,(H2,22,23,24). The molecule has 2 amide bonds. The maximum atomic E-state index is 13.4. The Morgan fingerprint density at radius 1 is 1.12 bits per heavy atom. The number of ether oxygens (including phenoxy) is 1. The highest BCUT2D eigenvalue weighted by molar-refractivity contribution is 5.74. The Morgan fingerprint density at radius 2 is 1.84 bits per heavy atom. The number of hydrogen-bond donors (Lipinski definition) is 2. The molecule has 6 heteroatoms. The van der Waals surface area contributed by atoms with Gasteiger partial charge in [0.15, 0.2) is 11.6 Å². The molecule has 1 atom stereocenters. The molecule has 0 saturated heterocycles. The second-order valence-corrected chi connectivity index (χ2v) is 5.96. The van der Waals surface area contributed by atoms with Crippen LogP contribution in [0, 0.1) is 17.6 Å². The van der Waals surface area contributed by atoms with Crippen molar-refractivity contribution in [1.29, 1.82) is 0 Å². The van der Waals surface area contributed by atoms with E-state index in [4.69, 9.17) is 4.74 Å². The highest BCUT2D eigenvalue weighted by atomic mass is 19.1. The topological polar surface area (TPSA) is 50.4 Å². The maximum absolute atomic E-state index is 13.4. The molecule has 134 valence electrons. The van der Waals surface area contributed by atoms with Crippen LogP contribution in [0.5, 0.6) is 5.75 Å². The van der Waals surface area contributed by atoms with Crippen molar-refractivity contribution >= 4 is 6.03 Å². The molecule has 4 nitrogen and oxygen atoms in total. The van der Waals surface area contributed by atoms with Crippen molar-refractivity contribution in [3.63, 3.8) is 0 Å². The zero-order valence-electron chi connectivity index (χ0n) is 14.3. The lowest BCUT2D eigenvalue weighted by Crippen LogP contribution is -2.41. The van der Waals surface area contributed by atoms with E-state index in [0.717, 1.165) is 17.7 Å². The molecular weight excluding hydrogens is 326 g/mol. The van der Waals surface area contributed by atoms with Gasteiger partial charge in [0.05, 0.1) is 12.6 Å². The number of urea groups is 1. The molecule has 0 aliphatic rings. The predicted octanol–water partition coefficient (Wildman–Crippen LogP) is 4.04. The first-order valence-corrected chi connectivity index (χ1v) is 8.14. The van der Waals surface area contributed by atoms with E-state index in [-0.39, 0.29) is 36.9 Å². The summed E-state index contributed by atoms with van der Waals surface area (Å²) in [7, 11) is 0. The lowest BCUT2D eigenvalue weighted by Gasteiger charge is -2.23. The summed E-state index contributed by atoms with van der Waals surface area (Å²) in [6.07, 6.45) is 0. The van der Waals surface area contributed by atoms with Gasteiger partial charge in [0.25, 0.3) is 0 Å². The number of carbonyl (C=O) groups excluding carboxylic acids is 1. The fraction of sp³-hybridized carbons (Fsp3) is 0.316. The molecule has 1 unspecified atom stereocenters. The number of rotatable bonds is 7. The Morgan fingerprint density at radius 3 is 2.48 bits per heavy atom. The van der Waals surface area contributed by atoms with Crippen LogP contribution in [-0.4, -0.2) is 19.2 Å². The zero-order valence-corrected chi connectivity index (χ0v) is 14.3. The van der Waals surface area contributed by atoms with Gasteiger partial charge in [0.1, 0.15) is 12.4 Å². The molecule has 0 spiro atoms. The number of hydrogen-bond acceptors (Lipinski definition) is 2. The van der Waals surface area contributed by atoms with Gasteiger partial charge in [0.2, 0.25) is 0 Å². The van der Waals surface area contributed by atoms with Crippen LogP contribution >= 0.6 is 0 Å². The Kier molecular flexibility index (Phi) is 6.74. The van der Waals surface area contributed by atoms with E-state index in [1.807, 2.05) is 44.2 Å². The van der Waals surface area contributed by atoms with Gasteiger partial charge in [-0.2, -0.15) is 0 Å². The van der Waals surface area contributed by atoms with Crippen molar-refractivity contribution < 1.29 is 18.3 Å². The molecule has 2 rings (SSSR count). The summed E-state index contributed by atoms with van der Waals surface area (Å²) < 4.78 is 31.4. The summed E-state index contributed by atoms with van der Waals surface area (Å²) in [6, 6.07) is 12.3. The van der Waals surface area contributed by atoms with Crippen molar-refractivity contribution in [1.82, 2.24) is 10.6 Å². The number of amides is 2. The minimum absolute atomic E-state index is 0.0482. The van der Waals surface area contributed by atoms with Crippen LogP contribution in [0.3, 0.4) is 0 Å². The Bertz CT molecular complexity index is 693. The third kappa shape index (κ3) is 5.74. The number of carbonyl (C=O) groups is 1. The molecule has 2 aromatic rings. The Hall–Kier alpha value is -2.63. The molecule has 0 aliphatic carbocycles. The van der Waals surface area contributed by atoms with Crippen LogP contribution in [0.15, 0.2) is 48.5 Å². The lowest BCUT2D eigenvalue weighted by atomic mass is 9.96. The molecule has 0 bridgehead atoms. The first-order chi connectivity index (χ1) is 12.0. The zero-order chi connectivity index (χ0) is 18.2. The summed E-state index contributed by atoms with van der Waals surface area (Å²) in [4.78, 5) is 12.1. The average Bonchev–Trinajstić information content (AvgIpc) is 2.58. The van der Waals surface area contributed by atoms with Gasteiger partial charge in [0, 0.05) is 6.07 Å². The van der Waals surface area contributed by atoms with Gasteiger partial charge in [-0.25, -0.2) is 13.6 Å². The van der Waals surface area contributed by atoms with Crippen LogP contribution in [0.25, 0.3) is 0 Å². The van der Waals surface area contributed by atoms with Crippen molar-refractivity contribution in [3.05, 3.63) is 65.7 Å². The smallest absolute Gasteiger partial charge is 0.315 e. The average molecular weight is 348 g/mol. The van der Waals surface area contributed by atoms with Gasteiger partial charge < -0.3 is 15.4 Å². The van der Waals surface area contributed by atoms with E-state index in [1.165, 1.54) is 6.07 Å². The van der Waals surface area contributed by atoms with E-state index < -0.39 is 11.6 Å². The van der Waals surface area contributed by atoms with E-state index in [1.54, 1.807) is 0 Å². The van der Waals surface area contributed by atoms with E-state index in [9.17, 15) is 13.6 Å². The quantitative estimate of drug-likeness (QED) is 0.742.